The molecule has 1 amide bonds. The standard InChI is InChI=1S/C21H27N3O.ClH/c1-13-6-4-5-7-20(13)24-14(2)10-17(15(24)3)21(25)23-11-16-8-9-19(22)18(16)12-23;/h4-7,10,16,18-19H,8-9,11-12,22H2,1-3H3;1H. The van der Waals surface area contributed by atoms with Crippen molar-refractivity contribution in [1.29, 1.82) is 0 Å². The molecule has 1 saturated carbocycles. The molecule has 2 N–H and O–H groups in total. The van der Waals surface area contributed by atoms with Gasteiger partial charge in [0.25, 0.3) is 5.91 Å². The van der Waals surface area contributed by atoms with E-state index in [1.807, 2.05) is 23.1 Å². The van der Waals surface area contributed by atoms with Crippen molar-refractivity contribution in [2.75, 3.05) is 13.1 Å². The molecule has 1 aromatic heterocycles. The highest BCUT2D eigenvalue weighted by atomic mass is 35.5. The van der Waals surface area contributed by atoms with Gasteiger partial charge in [-0.15, -0.1) is 12.4 Å². The molecule has 0 radical (unpaired) electrons. The summed E-state index contributed by atoms with van der Waals surface area (Å²) in [5.74, 6) is 1.25. The Morgan fingerprint density at radius 3 is 2.54 bits per heavy atom. The summed E-state index contributed by atoms with van der Waals surface area (Å²) in [7, 11) is 0. The van der Waals surface area contributed by atoms with Crippen molar-refractivity contribution in [3.8, 4) is 5.69 Å². The van der Waals surface area contributed by atoms with E-state index < -0.39 is 0 Å². The number of nitrogens with two attached hydrogens (primary N) is 1. The van der Waals surface area contributed by atoms with Crippen LogP contribution in [0, 0.1) is 32.6 Å². The van der Waals surface area contributed by atoms with E-state index in [-0.39, 0.29) is 24.4 Å². The Morgan fingerprint density at radius 2 is 1.85 bits per heavy atom. The second-order valence-electron chi connectivity index (χ2n) is 7.78. The second kappa shape index (κ2) is 7.09. The molecule has 1 saturated heterocycles. The summed E-state index contributed by atoms with van der Waals surface area (Å²) in [5, 5.41) is 0. The number of likely N-dealkylation sites (tertiary alicyclic amines) is 1. The predicted octanol–water partition coefficient (Wildman–Crippen LogP) is 3.63. The molecule has 4 rings (SSSR count). The molecule has 26 heavy (non-hydrogen) atoms. The van der Waals surface area contributed by atoms with E-state index in [9.17, 15) is 4.79 Å². The Bertz CT molecular complexity index is 829. The first-order valence-corrected chi connectivity index (χ1v) is 9.27. The first-order valence-electron chi connectivity index (χ1n) is 9.27. The number of para-hydroxylation sites is 1. The van der Waals surface area contributed by atoms with Gasteiger partial charge >= 0.3 is 0 Å². The molecule has 4 nitrogen and oxygen atoms in total. The summed E-state index contributed by atoms with van der Waals surface area (Å²) in [6.45, 7) is 7.92. The number of hydrogen-bond acceptors (Lipinski definition) is 2. The number of benzene rings is 1. The molecule has 0 bridgehead atoms. The largest absolute Gasteiger partial charge is 0.338 e. The Balaban J connectivity index is 0.00000196. The molecule has 2 aliphatic rings. The van der Waals surface area contributed by atoms with Gasteiger partial charge < -0.3 is 15.2 Å². The van der Waals surface area contributed by atoms with E-state index >= 15 is 0 Å². The van der Waals surface area contributed by atoms with Crippen LogP contribution in [0.3, 0.4) is 0 Å². The minimum Gasteiger partial charge on any atom is -0.338 e. The molecule has 5 heteroatoms. The zero-order chi connectivity index (χ0) is 17.7. The fourth-order valence-corrected chi connectivity index (χ4v) is 4.81. The fraction of sp³-hybridized carbons (Fsp3) is 0.476. The lowest BCUT2D eigenvalue weighted by molar-refractivity contribution is 0.0779. The van der Waals surface area contributed by atoms with Gasteiger partial charge in [-0.2, -0.15) is 0 Å². The molecule has 140 valence electrons. The first kappa shape index (κ1) is 19.0. The number of fused-ring (bicyclic) bond motifs is 1. The smallest absolute Gasteiger partial charge is 0.255 e. The van der Waals surface area contributed by atoms with E-state index in [1.165, 1.54) is 5.56 Å². The number of hydrogen-bond donors (Lipinski definition) is 1. The highest BCUT2D eigenvalue weighted by Gasteiger charge is 2.43. The Kier molecular flexibility index (Phi) is 5.18. The molecule has 0 spiro atoms. The topological polar surface area (TPSA) is 51.3 Å². The van der Waals surface area contributed by atoms with Crippen LogP contribution < -0.4 is 5.73 Å². The fourth-order valence-electron chi connectivity index (χ4n) is 4.81. The highest BCUT2D eigenvalue weighted by molar-refractivity contribution is 5.96. The predicted molar refractivity (Wildman–Crippen MR) is 107 cm³/mol. The van der Waals surface area contributed by atoms with Gasteiger partial charge in [-0.3, -0.25) is 4.79 Å². The third kappa shape index (κ3) is 2.95. The van der Waals surface area contributed by atoms with Gasteiger partial charge in [-0.25, -0.2) is 0 Å². The molecular formula is C21H28ClN3O. The van der Waals surface area contributed by atoms with Gasteiger partial charge in [-0.1, -0.05) is 18.2 Å². The van der Waals surface area contributed by atoms with Crippen molar-refractivity contribution >= 4 is 18.3 Å². The molecule has 3 atom stereocenters. The SMILES string of the molecule is Cc1ccccc1-n1c(C)cc(C(=O)N2CC3CCC(N)C3C2)c1C.Cl. The number of halogens is 1. The molecule has 3 unspecified atom stereocenters. The molecule has 1 aromatic carbocycles. The normalized spacial score (nSPS) is 24.5. The van der Waals surface area contributed by atoms with E-state index in [1.54, 1.807) is 0 Å². The summed E-state index contributed by atoms with van der Waals surface area (Å²) in [5.41, 5.74) is 11.5. The number of carbonyl (C=O) groups excluding carboxylic acids is 1. The van der Waals surface area contributed by atoms with Crippen molar-refractivity contribution in [2.45, 2.75) is 39.7 Å². The lowest BCUT2D eigenvalue weighted by Gasteiger charge is -2.19. The van der Waals surface area contributed by atoms with Crippen LogP contribution in [0.2, 0.25) is 0 Å². The maximum atomic E-state index is 13.2. The van der Waals surface area contributed by atoms with Crippen molar-refractivity contribution in [2.24, 2.45) is 17.6 Å². The maximum absolute atomic E-state index is 13.2. The molecule has 1 aliphatic carbocycles. The van der Waals surface area contributed by atoms with Crippen LogP contribution in [-0.4, -0.2) is 34.5 Å². The minimum absolute atomic E-state index is 0. The third-order valence-corrected chi connectivity index (χ3v) is 6.22. The highest BCUT2D eigenvalue weighted by Crippen LogP contribution is 2.38. The Morgan fingerprint density at radius 1 is 1.12 bits per heavy atom. The van der Waals surface area contributed by atoms with Crippen molar-refractivity contribution in [1.82, 2.24) is 9.47 Å². The summed E-state index contributed by atoms with van der Waals surface area (Å²) in [6.07, 6.45) is 2.27. The van der Waals surface area contributed by atoms with Gasteiger partial charge in [0.15, 0.2) is 0 Å². The van der Waals surface area contributed by atoms with Crippen LogP contribution in [0.4, 0.5) is 0 Å². The van der Waals surface area contributed by atoms with E-state index in [0.29, 0.717) is 11.8 Å². The number of amides is 1. The lowest BCUT2D eigenvalue weighted by atomic mass is 9.98. The molecule has 2 fully saturated rings. The average Bonchev–Trinajstić information content (AvgIpc) is 3.24. The second-order valence-corrected chi connectivity index (χ2v) is 7.78. The van der Waals surface area contributed by atoms with Crippen LogP contribution >= 0.6 is 12.4 Å². The van der Waals surface area contributed by atoms with Crippen LogP contribution in [0.1, 0.15) is 40.2 Å². The number of carbonyl (C=O) groups is 1. The average molecular weight is 374 g/mol. The monoisotopic (exact) mass is 373 g/mol. The lowest BCUT2D eigenvalue weighted by Crippen LogP contribution is -2.33. The molecular weight excluding hydrogens is 346 g/mol. The zero-order valence-electron chi connectivity index (χ0n) is 15.7. The summed E-state index contributed by atoms with van der Waals surface area (Å²) in [4.78, 5) is 15.2. The van der Waals surface area contributed by atoms with E-state index in [2.05, 4.69) is 37.5 Å². The van der Waals surface area contributed by atoms with Crippen LogP contribution in [0.15, 0.2) is 30.3 Å². The van der Waals surface area contributed by atoms with Gasteiger partial charge in [-0.05, 0) is 63.1 Å². The number of aromatic nitrogens is 1. The van der Waals surface area contributed by atoms with Gasteiger partial charge in [0, 0.05) is 36.2 Å². The Hall–Kier alpha value is -1.78. The van der Waals surface area contributed by atoms with Gasteiger partial charge in [0.05, 0.1) is 5.56 Å². The third-order valence-electron chi connectivity index (χ3n) is 6.22. The zero-order valence-corrected chi connectivity index (χ0v) is 16.6. The molecule has 1 aliphatic heterocycles. The summed E-state index contributed by atoms with van der Waals surface area (Å²) in [6, 6.07) is 10.6. The minimum atomic E-state index is 0. The Labute approximate surface area is 161 Å². The first-order chi connectivity index (χ1) is 12.0. The van der Waals surface area contributed by atoms with E-state index in [0.717, 1.165) is 48.6 Å². The number of aryl methyl sites for hydroxylation is 2. The van der Waals surface area contributed by atoms with Gasteiger partial charge in [0.1, 0.15) is 0 Å². The van der Waals surface area contributed by atoms with Crippen molar-refractivity contribution < 1.29 is 4.79 Å². The maximum Gasteiger partial charge on any atom is 0.255 e. The van der Waals surface area contributed by atoms with Crippen LogP contribution in [0.5, 0.6) is 0 Å². The van der Waals surface area contributed by atoms with Crippen molar-refractivity contribution in [3.05, 3.63) is 52.8 Å². The van der Waals surface area contributed by atoms with E-state index in [4.69, 9.17) is 5.73 Å². The summed E-state index contributed by atoms with van der Waals surface area (Å²) < 4.78 is 2.20. The quantitative estimate of drug-likeness (QED) is 0.873. The summed E-state index contributed by atoms with van der Waals surface area (Å²) >= 11 is 0. The molecule has 2 heterocycles. The number of rotatable bonds is 2. The van der Waals surface area contributed by atoms with Crippen molar-refractivity contribution in [3.63, 3.8) is 0 Å². The van der Waals surface area contributed by atoms with Crippen LogP contribution in [-0.2, 0) is 0 Å². The molecule has 2 aromatic rings. The van der Waals surface area contributed by atoms with Crippen LogP contribution in [0.25, 0.3) is 5.69 Å². The van der Waals surface area contributed by atoms with Gasteiger partial charge in [0.2, 0.25) is 0 Å². The number of nitrogens with zero attached hydrogens (tertiary/aromatic N) is 2.